The monoisotopic (exact) mass is 249 g/mol. The van der Waals surface area contributed by atoms with Gasteiger partial charge in [-0.1, -0.05) is 35.5 Å². The van der Waals surface area contributed by atoms with Crippen molar-refractivity contribution in [3.63, 3.8) is 0 Å². The van der Waals surface area contributed by atoms with Crippen LogP contribution in [0.5, 0.6) is 10.9 Å². The summed E-state index contributed by atoms with van der Waals surface area (Å²) in [6, 6.07) is 7.89. The number of nitrogens with zero attached hydrogens (tertiary/aromatic N) is 2. The van der Waals surface area contributed by atoms with Crippen LogP contribution >= 0.6 is 11.3 Å². The molecule has 1 N–H and O–H groups in total. The summed E-state index contributed by atoms with van der Waals surface area (Å²) in [6.45, 7) is 5.76. The molecule has 0 aliphatic rings. The second-order valence-electron chi connectivity index (χ2n) is 3.66. The third-order valence-corrected chi connectivity index (χ3v) is 2.97. The maximum Gasteiger partial charge on any atom is 0.299 e. The highest BCUT2D eigenvalue weighted by molar-refractivity contribution is 7.13. The van der Waals surface area contributed by atoms with E-state index in [4.69, 9.17) is 4.74 Å². The Balaban J connectivity index is 2.01. The second-order valence-corrected chi connectivity index (χ2v) is 4.69. The first-order valence-corrected chi connectivity index (χ1v) is 6.37. The molecular weight excluding hydrogens is 234 g/mol. The molecule has 0 saturated carbocycles. The van der Waals surface area contributed by atoms with Crippen molar-refractivity contribution in [1.29, 1.82) is 0 Å². The molecule has 0 bridgehead atoms. The van der Waals surface area contributed by atoms with Crippen LogP contribution in [0.25, 0.3) is 0 Å². The molecular formula is C12H15N3OS. The lowest BCUT2D eigenvalue weighted by molar-refractivity contribution is 0.472. The molecule has 4 nitrogen and oxygen atoms in total. The van der Waals surface area contributed by atoms with Crippen LogP contribution < -0.4 is 10.1 Å². The van der Waals surface area contributed by atoms with Gasteiger partial charge >= 0.3 is 0 Å². The van der Waals surface area contributed by atoms with E-state index in [1.165, 1.54) is 16.9 Å². The fourth-order valence-electron chi connectivity index (χ4n) is 1.36. The smallest absolute Gasteiger partial charge is 0.299 e. The molecule has 1 aromatic heterocycles. The molecule has 17 heavy (non-hydrogen) atoms. The molecule has 1 heterocycles. The lowest BCUT2D eigenvalue weighted by atomic mass is 10.2. The van der Waals surface area contributed by atoms with E-state index in [2.05, 4.69) is 22.4 Å². The normalized spacial score (nSPS) is 10.5. The molecule has 1 aromatic carbocycles. The minimum Gasteiger partial charge on any atom is -0.430 e. The molecule has 0 spiro atoms. The Hall–Kier alpha value is -1.46. The fraction of sp³-hybridized carbons (Fsp3) is 0.333. The van der Waals surface area contributed by atoms with E-state index < -0.39 is 0 Å². The topological polar surface area (TPSA) is 47.0 Å². The van der Waals surface area contributed by atoms with E-state index in [9.17, 15) is 0 Å². The van der Waals surface area contributed by atoms with Crippen molar-refractivity contribution in [2.45, 2.75) is 20.4 Å². The summed E-state index contributed by atoms with van der Waals surface area (Å²) in [5.74, 6) is 0.802. The van der Waals surface area contributed by atoms with Crippen LogP contribution in [0.15, 0.2) is 24.3 Å². The largest absolute Gasteiger partial charge is 0.430 e. The van der Waals surface area contributed by atoms with Gasteiger partial charge in [-0.2, -0.15) is 0 Å². The fourth-order valence-corrected chi connectivity index (χ4v) is 2.04. The lowest BCUT2D eigenvalue weighted by Crippen LogP contribution is -2.11. The molecule has 0 aliphatic carbocycles. The van der Waals surface area contributed by atoms with Crippen LogP contribution in [0.3, 0.4) is 0 Å². The summed E-state index contributed by atoms with van der Waals surface area (Å²) in [7, 11) is 0. The van der Waals surface area contributed by atoms with Gasteiger partial charge in [0.25, 0.3) is 5.19 Å². The average molecular weight is 249 g/mol. The van der Waals surface area contributed by atoms with Crippen molar-refractivity contribution in [2.24, 2.45) is 0 Å². The molecule has 90 valence electrons. The third-order valence-electron chi connectivity index (χ3n) is 2.17. The molecule has 0 amide bonds. The summed E-state index contributed by atoms with van der Waals surface area (Å²) in [5, 5.41) is 12.8. The predicted molar refractivity (Wildman–Crippen MR) is 68.5 cm³/mol. The van der Waals surface area contributed by atoms with E-state index >= 15 is 0 Å². The highest BCUT2D eigenvalue weighted by atomic mass is 32.1. The van der Waals surface area contributed by atoms with Crippen molar-refractivity contribution >= 4 is 11.3 Å². The van der Waals surface area contributed by atoms with Gasteiger partial charge in [0.2, 0.25) is 0 Å². The molecule has 0 fully saturated rings. The summed E-state index contributed by atoms with van der Waals surface area (Å²) in [4.78, 5) is 0. The number of rotatable bonds is 5. The first-order chi connectivity index (χ1) is 8.28. The molecule has 0 aliphatic heterocycles. The van der Waals surface area contributed by atoms with E-state index in [0.717, 1.165) is 23.8 Å². The van der Waals surface area contributed by atoms with Gasteiger partial charge in [0.05, 0.1) is 0 Å². The zero-order chi connectivity index (χ0) is 12.1. The highest BCUT2D eigenvalue weighted by Gasteiger charge is 2.05. The summed E-state index contributed by atoms with van der Waals surface area (Å²) >= 11 is 1.47. The number of ether oxygens (including phenoxy) is 1. The molecule has 5 heteroatoms. The molecule has 0 saturated heterocycles. The van der Waals surface area contributed by atoms with Crippen LogP contribution in [0.4, 0.5) is 0 Å². The minimum atomic E-state index is 0.587. The third kappa shape index (κ3) is 3.51. The summed E-state index contributed by atoms with van der Waals surface area (Å²) < 4.78 is 5.64. The first kappa shape index (κ1) is 12.0. The van der Waals surface area contributed by atoms with Gasteiger partial charge in [-0.3, -0.25) is 0 Å². The van der Waals surface area contributed by atoms with Crippen molar-refractivity contribution in [3.8, 4) is 10.9 Å². The van der Waals surface area contributed by atoms with Crippen molar-refractivity contribution in [1.82, 2.24) is 15.5 Å². The van der Waals surface area contributed by atoms with Crippen LogP contribution in [0.2, 0.25) is 0 Å². The summed E-state index contributed by atoms with van der Waals surface area (Å²) in [6.07, 6.45) is 0. The van der Waals surface area contributed by atoms with Gasteiger partial charge in [-0.25, -0.2) is 0 Å². The lowest BCUT2D eigenvalue weighted by Gasteiger charge is -2.00. The van der Waals surface area contributed by atoms with Crippen molar-refractivity contribution in [2.75, 3.05) is 6.54 Å². The summed E-state index contributed by atoms with van der Waals surface area (Å²) in [5.41, 5.74) is 1.17. The Labute approximate surface area is 105 Å². The van der Waals surface area contributed by atoms with Crippen molar-refractivity contribution in [3.05, 3.63) is 34.8 Å². The quantitative estimate of drug-likeness (QED) is 0.885. The van der Waals surface area contributed by atoms with Crippen LogP contribution in [0, 0.1) is 6.92 Å². The second kappa shape index (κ2) is 5.75. The zero-order valence-electron chi connectivity index (χ0n) is 9.93. The Morgan fingerprint density at radius 1 is 1.35 bits per heavy atom. The Morgan fingerprint density at radius 2 is 2.24 bits per heavy atom. The number of aryl methyl sites for hydroxylation is 1. The van der Waals surface area contributed by atoms with E-state index in [0.29, 0.717) is 5.19 Å². The van der Waals surface area contributed by atoms with Gasteiger partial charge in [-0.05, 0) is 31.2 Å². The first-order valence-electron chi connectivity index (χ1n) is 5.55. The van der Waals surface area contributed by atoms with Gasteiger partial charge in [0.15, 0.2) is 0 Å². The van der Waals surface area contributed by atoms with Gasteiger partial charge in [0, 0.05) is 6.54 Å². The van der Waals surface area contributed by atoms with Gasteiger partial charge in [-0.15, -0.1) is 5.10 Å². The van der Waals surface area contributed by atoms with Crippen LogP contribution in [-0.2, 0) is 6.54 Å². The van der Waals surface area contributed by atoms with E-state index in [1.54, 1.807) is 0 Å². The Bertz CT molecular complexity index is 484. The van der Waals surface area contributed by atoms with Gasteiger partial charge < -0.3 is 10.1 Å². The standard InChI is InChI=1S/C12H15N3OS/c1-3-13-8-11-14-15-12(17-11)16-10-6-4-5-9(2)7-10/h4-7,13H,3,8H2,1-2H3. The minimum absolute atomic E-state index is 0.587. The SMILES string of the molecule is CCNCc1nnc(Oc2cccc(C)c2)s1. The molecule has 2 aromatic rings. The van der Waals surface area contributed by atoms with Crippen LogP contribution in [0.1, 0.15) is 17.5 Å². The Morgan fingerprint density at radius 3 is 3.00 bits per heavy atom. The van der Waals surface area contributed by atoms with Crippen molar-refractivity contribution < 1.29 is 4.74 Å². The molecule has 0 radical (unpaired) electrons. The number of hydrogen-bond donors (Lipinski definition) is 1. The zero-order valence-corrected chi connectivity index (χ0v) is 10.8. The number of nitrogens with one attached hydrogen (secondary N) is 1. The number of hydrogen-bond acceptors (Lipinski definition) is 5. The van der Waals surface area contributed by atoms with E-state index in [1.807, 2.05) is 31.2 Å². The van der Waals surface area contributed by atoms with Crippen LogP contribution in [-0.4, -0.2) is 16.7 Å². The van der Waals surface area contributed by atoms with Gasteiger partial charge in [0.1, 0.15) is 10.8 Å². The average Bonchev–Trinajstić information content (AvgIpc) is 2.74. The molecule has 0 unspecified atom stereocenters. The Kier molecular flexibility index (Phi) is 4.06. The highest BCUT2D eigenvalue weighted by Crippen LogP contribution is 2.25. The van der Waals surface area contributed by atoms with E-state index in [-0.39, 0.29) is 0 Å². The number of benzene rings is 1. The number of aromatic nitrogens is 2. The molecule has 0 atom stereocenters. The maximum absolute atomic E-state index is 5.64. The predicted octanol–water partition coefficient (Wildman–Crippen LogP) is 2.75. The molecule has 2 rings (SSSR count). The maximum atomic E-state index is 5.64.